The molecule has 0 unspecified atom stereocenters. The van der Waals surface area contributed by atoms with E-state index in [2.05, 4.69) is 0 Å². The number of alkyl halides is 1. The van der Waals surface area contributed by atoms with E-state index in [1.54, 1.807) is 0 Å². The summed E-state index contributed by atoms with van der Waals surface area (Å²) >= 11 is 0. The third-order valence-electron chi connectivity index (χ3n) is 1.93. The molecule has 0 radical (unpaired) electrons. The van der Waals surface area contributed by atoms with Crippen molar-refractivity contribution < 1.29 is 24.8 Å². The molecule has 66 valence electrons. The first-order valence-corrected chi connectivity index (χ1v) is 3.40. The summed E-state index contributed by atoms with van der Waals surface area (Å²) in [6, 6.07) is 0. The minimum Gasteiger partial charge on any atom is -0.390 e. The maximum atomic E-state index is 12.6. The summed E-state index contributed by atoms with van der Waals surface area (Å²) in [6.45, 7) is 0. The monoisotopic (exact) mass is 166 g/mol. The highest BCUT2D eigenvalue weighted by Crippen LogP contribution is 2.22. The van der Waals surface area contributed by atoms with Crippen molar-refractivity contribution in [2.24, 2.45) is 0 Å². The number of hydrogen-bond acceptors (Lipinski definition) is 4. The first kappa shape index (κ1) is 8.86. The van der Waals surface area contributed by atoms with Gasteiger partial charge in [0.05, 0.1) is 6.10 Å². The summed E-state index contributed by atoms with van der Waals surface area (Å²) in [5, 5.41) is 35.5. The second-order valence-electron chi connectivity index (χ2n) is 2.79. The van der Waals surface area contributed by atoms with Gasteiger partial charge in [-0.1, -0.05) is 0 Å². The van der Waals surface area contributed by atoms with Gasteiger partial charge in [-0.2, -0.15) is 0 Å². The van der Waals surface area contributed by atoms with Crippen molar-refractivity contribution in [2.45, 2.75) is 37.0 Å². The summed E-state index contributed by atoms with van der Waals surface area (Å²) in [5.41, 5.74) is 0. The molecule has 0 aromatic carbocycles. The Labute approximate surface area is 62.9 Å². The Hall–Kier alpha value is -0.230. The largest absolute Gasteiger partial charge is 0.390 e. The van der Waals surface area contributed by atoms with Crippen molar-refractivity contribution in [2.75, 3.05) is 0 Å². The van der Waals surface area contributed by atoms with Crippen molar-refractivity contribution in [1.82, 2.24) is 0 Å². The maximum absolute atomic E-state index is 12.6. The van der Waals surface area contributed by atoms with Crippen LogP contribution < -0.4 is 0 Å². The van der Waals surface area contributed by atoms with Crippen LogP contribution in [0.2, 0.25) is 0 Å². The Bertz CT molecular complexity index is 129. The topological polar surface area (TPSA) is 80.9 Å². The lowest BCUT2D eigenvalue weighted by atomic mass is 9.88. The second-order valence-corrected chi connectivity index (χ2v) is 2.79. The highest BCUT2D eigenvalue weighted by atomic mass is 19.1. The number of hydrogen-bond donors (Lipinski definition) is 4. The number of aliphatic hydroxyl groups is 4. The molecular weight excluding hydrogens is 155 g/mol. The van der Waals surface area contributed by atoms with Crippen molar-refractivity contribution in [3.8, 4) is 0 Å². The van der Waals surface area contributed by atoms with Crippen molar-refractivity contribution in [3.05, 3.63) is 0 Å². The van der Waals surface area contributed by atoms with E-state index < -0.39 is 30.6 Å². The SMILES string of the molecule is O[C@H]1[C@H](O)[C@H](O)C[C@H](F)[C@H]1O. The fourth-order valence-corrected chi connectivity index (χ4v) is 1.15. The molecule has 4 N–H and O–H groups in total. The molecule has 0 aliphatic heterocycles. The van der Waals surface area contributed by atoms with Crippen LogP contribution in [-0.2, 0) is 0 Å². The van der Waals surface area contributed by atoms with Gasteiger partial charge in [0.25, 0.3) is 0 Å². The zero-order chi connectivity index (χ0) is 8.59. The molecule has 11 heavy (non-hydrogen) atoms. The second kappa shape index (κ2) is 3.02. The van der Waals surface area contributed by atoms with Crippen molar-refractivity contribution in [3.63, 3.8) is 0 Å². The lowest BCUT2D eigenvalue weighted by Gasteiger charge is -2.34. The first-order valence-electron chi connectivity index (χ1n) is 3.40. The molecule has 0 aromatic rings. The molecule has 5 heteroatoms. The molecule has 1 rings (SSSR count). The van der Waals surface area contributed by atoms with E-state index in [1.165, 1.54) is 0 Å². The molecule has 4 nitrogen and oxygen atoms in total. The van der Waals surface area contributed by atoms with Crippen molar-refractivity contribution in [1.29, 1.82) is 0 Å². The molecule has 1 fully saturated rings. The van der Waals surface area contributed by atoms with Gasteiger partial charge in [-0.25, -0.2) is 4.39 Å². The molecule has 0 saturated heterocycles. The minimum absolute atomic E-state index is 0.334. The summed E-state index contributed by atoms with van der Waals surface area (Å²) in [6.07, 6.45) is -7.91. The molecular formula is C6H11FO4. The van der Waals surface area contributed by atoms with E-state index in [1.807, 2.05) is 0 Å². The Morgan fingerprint density at radius 3 is 2.00 bits per heavy atom. The van der Waals surface area contributed by atoms with Crippen LogP contribution in [0.4, 0.5) is 4.39 Å². The summed E-state index contributed by atoms with van der Waals surface area (Å²) in [7, 11) is 0. The molecule has 1 saturated carbocycles. The third kappa shape index (κ3) is 1.51. The predicted molar refractivity (Wildman–Crippen MR) is 33.5 cm³/mol. The molecule has 1 aliphatic rings. The van der Waals surface area contributed by atoms with Gasteiger partial charge >= 0.3 is 0 Å². The molecule has 0 bridgehead atoms. The van der Waals surface area contributed by atoms with E-state index in [-0.39, 0.29) is 6.42 Å². The highest BCUT2D eigenvalue weighted by molar-refractivity contribution is 4.92. The Morgan fingerprint density at radius 2 is 1.45 bits per heavy atom. The fourth-order valence-electron chi connectivity index (χ4n) is 1.15. The van der Waals surface area contributed by atoms with E-state index >= 15 is 0 Å². The molecule has 5 atom stereocenters. The molecule has 0 aromatic heterocycles. The van der Waals surface area contributed by atoms with Gasteiger partial charge < -0.3 is 20.4 Å². The van der Waals surface area contributed by atoms with Crippen LogP contribution in [0.25, 0.3) is 0 Å². The quantitative estimate of drug-likeness (QED) is 0.341. The van der Waals surface area contributed by atoms with Crippen LogP contribution in [0.5, 0.6) is 0 Å². The smallest absolute Gasteiger partial charge is 0.131 e. The third-order valence-corrected chi connectivity index (χ3v) is 1.93. The van der Waals surface area contributed by atoms with Crippen LogP contribution in [0, 0.1) is 0 Å². The summed E-state index contributed by atoms with van der Waals surface area (Å²) in [4.78, 5) is 0. The number of rotatable bonds is 0. The predicted octanol–water partition coefficient (Wildman–Crippen LogP) is -1.83. The normalized spacial score (nSPS) is 52.6. The zero-order valence-corrected chi connectivity index (χ0v) is 5.76. The van der Waals surface area contributed by atoms with Gasteiger partial charge in [-0.05, 0) is 0 Å². The van der Waals surface area contributed by atoms with Gasteiger partial charge in [0.15, 0.2) is 0 Å². The highest BCUT2D eigenvalue weighted by Gasteiger charge is 2.41. The Morgan fingerprint density at radius 1 is 0.909 bits per heavy atom. The summed E-state index contributed by atoms with van der Waals surface area (Å²) < 4.78 is 12.6. The Kier molecular flexibility index (Phi) is 2.43. The average molecular weight is 166 g/mol. The molecule has 0 amide bonds. The van der Waals surface area contributed by atoms with E-state index in [9.17, 15) is 4.39 Å². The maximum Gasteiger partial charge on any atom is 0.131 e. The molecule has 0 heterocycles. The van der Waals surface area contributed by atoms with E-state index in [4.69, 9.17) is 20.4 Å². The van der Waals surface area contributed by atoms with Crippen LogP contribution in [0.15, 0.2) is 0 Å². The van der Waals surface area contributed by atoms with Crippen LogP contribution in [0.1, 0.15) is 6.42 Å². The molecule has 0 spiro atoms. The van der Waals surface area contributed by atoms with Gasteiger partial charge in [0.2, 0.25) is 0 Å². The number of aliphatic hydroxyl groups excluding tert-OH is 4. The fraction of sp³-hybridized carbons (Fsp3) is 1.00. The average Bonchev–Trinajstić information content (AvgIpc) is 1.97. The standard InChI is InChI=1S/C6H11FO4/c7-2-1-3(8)5(10)6(11)4(2)9/h2-6,8-11H,1H2/t2-,3+,4+,5+,6+/m0/s1. The van der Waals surface area contributed by atoms with Crippen LogP contribution in [0.3, 0.4) is 0 Å². The zero-order valence-electron chi connectivity index (χ0n) is 5.76. The lowest BCUT2D eigenvalue weighted by molar-refractivity contribution is -0.160. The first-order chi connectivity index (χ1) is 5.04. The Balaban J connectivity index is 2.63. The lowest BCUT2D eigenvalue weighted by Crippen LogP contribution is -2.54. The van der Waals surface area contributed by atoms with Gasteiger partial charge in [-0.15, -0.1) is 0 Å². The van der Waals surface area contributed by atoms with Gasteiger partial charge in [0.1, 0.15) is 24.5 Å². The van der Waals surface area contributed by atoms with Gasteiger partial charge in [-0.3, -0.25) is 0 Å². The summed E-state index contributed by atoms with van der Waals surface area (Å²) in [5.74, 6) is 0. The van der Waals surface area contributed by atoms with Crippen molar-refractivity contribution >= 4 is 0 Å². The molecule has 1 aliphatic carbocycles. The number of halogens is 1. The van der Waals surface area contributed by atoms with Crippen LogP contribution in [-0.4, -0.2) is 51.0 Å². The minimum atomic E-state index is -1.66. The van der Waals surface area contributed by atoms with E-state index in [0.717, 1.165) is 0 Å². The van der Waals surface area contributed by atoms with E-state index in [0.29, 0.717) is 0 Å². The van der Waals surface area contributed by atoms with Crippen LogP contribution >= 0.6 is 0 Å². The van der Waals surface area contributed by atoms with Gasteiger partial charge in [0, 0.05) is 6.42 Å².